The molecule has 0 unspecified atom stereocenters. The predicted molar refractivity (Wildman–Crippen MR) is 84.1 cm³/mol. The highest BCUT2D eigenvalue weighted by Crippen LogP contribution is 2.22. The third kappa shape index (κ3) is 3.23. The molecule has 1 atom stereocenters. The quantitative estimate of drug-likeness (QED) is 0.943. The molecule has 1 N–H and O–H groups in total. The van der Waals surface area contributed by atoms with Gasteiger partial charge in [0.15, 0.2) is 0 Å². The van der Waals surface area contributed by atoms with E-state index in [1.165, 1.54) is 17.0 Å². The highest BCUT2D eigenvalue weighted by Gasteiger charge is 2.28. The van der Waals surface area contributed by atoms with Gasteiger partial charge < -0.3 is 10.2 Å². The van der Waals surface area contributed by atoms with Gasteiger partial charge in [-0.15, -0.1) is 0 Å². The number of halogens is 1. The van der Waals surface area contributed by atoms with Crippen LogP contribution < -0.4 is 5.32 Å². The second kappa shape index (κ2) is 6.20. The summed E-state index contributed by atoms with van der Waals surface area (Å²) in [5, 5.41) is 2.83. The van der Waals surface area contributed by atoms with E-state index in [4.69, 9.17) is 0 Å². The molecule has 4 nitrogen and oxygen atoms in total. The average molecular weight is 312 g/mol. The van der Waals surface area contributed by atoms with Gasteiger partial charge in [-0.05, 0) is 36.2 Å². The fourth-order valence-corrected chi connectivity index (χ4v) is 2.74. The van der Waals surface area contributed by atoms with Gasteiger partial charge >= 0.3 is 0 Å². The molecule has 1 aliphatic rings. The van der Waals surface area contributed by atoms with Gasteiger partial charge in [-0.3, -0.25) is 9.59 Å². The molecule has 0 saturated carbocycles. The summed E-state index contributed by atoms with van der Waals surface area (Å²) in [5.41, 5.74) is 2.42. The van der Waals surface area contributed by atoms with E-state index in [0.717, 1.165) is 11.1 Å². The van der Waals surface area contributed by atoms with Crippen LogP contribution in [-0.4, -0.2) is 23.3 Å². The van der Waals surface area contributed by atoms with Crippen molar-refractivity contribution in [3.63, 3.8) is 0 Å². The Balaban J connectivity index is 1.60. The van der Waals surface area contributed by atoms with Gasteiger partial charge in [0.05, 0.1) is 6.04 Å². The van der Waals surface area contributed by atoms with E-state index >= 15 is 0 Å². The van der Waals surface area contributed by atoms with Crippen LogP contribution in [-0.2, 0) is 11.3 Å². The lowest BCUT2D eigenvalue weighted by atomic mass is 10.1. The molecular weight excluding hydrogens is 295 g/mol. The first-order valence-corrected chi connectivity index (χ1v) is 7.46. The topological polar surface area (TPSA) is 49.4 Å². The van der Waals surface area contributed by atoms with Crippen molar-refractivity contribution in [2.45, 2.75) is 19.5 Å². The van der Waals surface area contributed by atoms with Crippen LogP contribution in [0.3, 0.4) is 0 Å². The number of hydrogen-bond acceptors (Lipinski definition) is 2. The lowest BCUT2D eigenvalue weighted by Gasteiger charge is -2.18. The zero-order valence-corrected chi connectivity index (χ0v) is 12.8. The Kier molecular flexibility index (Phi) is 4.10. The molecule has 0 saturated heterocycles. The zero-order chi connectivity index (χ0) is 16.4. The minimum absolute atomic E-state index is 0.0129. The highest BCUT2D eigenvalue weighted by atomic mass is 19.1. The van der Waals surface area contributed by atoms with E-state index in [1.54, 1.807) is 18.2 Å². The number of amides is 2. The largest absolute Gasteiger partial charge is 0.348 e. The molecule has 0 aromatic heterocycles. The van der Waals surface area contributed by atoms with Crippen LogP contribution in [0.5, 0.6) is 0 Å². The zero-order valence-electron chi connectivity index (χ0n) is 12.8. The van der Waals surface area contributed by atoms with E-state index in [9.17, 15) is 14.0 Å². The van der Waals surface area contributed by atoms with Crippen molar-refractivity contribution in [2.75, 3.05) is 6.54 Å². The number of fused-ring (bicyclic) bond motifs is 1. The van der Waals surface area contributed by atoms with Gasteiger partial charge in [-0.1, -0.05) is 30.3 Å². The third-order valence-corrected chi connectivity index (χ3v) is 3.98. The van der Waals surface area contributed by atoms with Crippen LogP contribution in [0.15, 0.2) is 48.5 Å². The van der Waals surface area contributed by atoms with Crippen LogP contribution in [0, 0.1) is 5.82 Å². The van der Waals surface area contributed by atoms with E-state index in [2.05, 4.69) is 5.32 Å². The maximum absolute atomic E-state index is 12.9. The maximum Gasteiger partial charge on any atom is 0.254 e. The number of carbonyl (C=O) groups excluding carboxylic acids is 2. The van der Waals surface area contributed by atoms with Crippen molar-refractivity contribution in [1.29, 1.82) is 0 Å². The maximum atomic E-state index is 12.9. The van der Waals surface area contributed by atoms with E-state index in [0.29, 0.717) is 12.1 Å². The molecule has 2 aromatic rings. The number of benzene rings is 2. The van der Waals surface area contributed by atoms with Gasteiger partial charge in [-0.25, -0.2) is 4.39 Å². The van der Waals surface area contributed by atoms with E-state index < -0.39 is 0 Å². The second-order valence-corrected chi connectivity index (χ2v) is 5.66. The first kappa shape index (κ1) is 15.2. The second-order valence-electron chi connectivity index (χ2n) is 5.66. The molecule has 118 valence electrons. The summed E-state index contributed by atoms with van der Waals surface area (Å²) >= 11 is 0. The molecule has 0 fully saturated rings. The average Bonchev–Trinajstić information content (AvgIpc) is 2.84. The summed E-state index contributed by atoms with van der Waals surface area (Å²) < 4.78 is 12.9. The number of rotatable bonds is 4. The van der Waals surface area contributed by atoms with Crippen LogP contribution in [0.2, 0.25) is 0 Å². The summed E-state index contributed by atoms with van der Waals surface area (Å²) in [6.45, 7) is 2.29. The SMILES string of the molecule is C[C@@H](NC(=O)CN1Cc2ccccc2C1=O)c1ccc(F)cc1. The van der Waals surface area contributed by atoms with Crippen molar-refractivity contribution < 1.29 is 14.0 Å². The van der Waals surface area contributed by atoms with Crippen molar-refractivity contribution in [1.82, 2.24) is 10.2 Å². The monoisotopic (exact) mass is 312 g/mol. The first-order valence-electron chi connectivity index (χ1n) is 7.46. The fourth-order valence-electron chi connectivity index (χ4n) is 2.74. The molecule has 0 radical (unpaired) electrons. The Labute approximate surface area is 133 Å². The number of hydrogen-bond donors (Lipinski definition) is 1. The van der Waals surface area contributed by atoms with Crippen molar-refractivity contribution >= 4 is 11.8 Å². The van der Waals surface area contributed by atoms with Gasteiger partial charge in [-0.2, -0.15) is 0 Å². The molecule has 1 aliphatic heterocycles. The standard InChI is InChI=1S/C18H17FN2O2/c1-12(13-6-8-15(19)9-7-13)20-17(22)11-21-10-14-4-2-3-5-16(14)18(21)23/h2-9,12H,10-11H2,1H3,(H,20,22)/t12-/m1/s1. The summed E-state index contributed by atoms with van der Waals surface area (Å²) in [7, 11) is 0. The minimum atomic E-state index is -0.312. The Morgan fingerprint density at radius 3 is 2.61 bits per heavy atom. The summed E-state index contributed by atoms with van der Waals surface area (Å²) in [4.78, 5) is 25.9. The molecule has 2 amide bonds. The lowest BCUT2D eigenvalue weighted by molar-refractivity contribution is -0.122. The Hall–Kier alpha value is -2.69. The molecular formula is C18H17FN2O2. The van der Waals surface area contributed by atoms with E-state index in [1.807, 2.05) is 25.1 Å². The normalized spacial score (nSPS) is 14.5. The summed E-state index contributed by atoms with van der Waals surface area (Å²) in [6.07, 6.45) is 0. The van der Waals surface area contributed by atoms with Gasteiger partial charge in [0.1, 0.15) is 12.4 Å². The fraction of sp³-hybridized carbons (Fsp3) is 0.222. The van der Waals surface area contributed by atoms with Gasteiger partial charge in [0.2, 0.25) is 5.91 Å². The third-order valence-electron chi connectivity index (χ3n) is 3.98. The molecule has 1 heterocycles. The van der Waals surface area contributed by atoms with Crippen LogP contribution >= 0.6 is 0 Å². The van der Waals surface area contributed by atoms with Crippen molar-refractivity contribution in [3.05, 3.63) is 71.0 Å². The van der Waals surface area contributed by atoms with Crippen LogP contribution in [0.25, 0.3) is 0 Å². The van der Waals surface area contributed by atoms with Crippen molar-refractivity contribution in [2.24, 2.45) is 0 Å². The van der Waals surface area contributed by atoms with Crippen molar-refractivity contribution in [3.8, 4) is 0 Å². The molecule has 3 rings (SSSR count). The summed E-state index contributed by atoms with van der Waals surface area (Å²) in [5.74, 6) is -0.666. The molecule has 0 aliphatic carbocycles. The molecule has 2 aromatic carbocycles. The Morgan fingerprint density at radius 1 is 1.22 bits per heavy atom. The van der Waals surface area contributed by atoms with Crippen LogP contribution in [0.1, 0.15) is 34.5 Å². The number of carbonyl (C=O) groups is 2. The number of nitrogens with one attached hydrogen (secondary N) is 1. The predicted octanol–water partition coefficient (Wildman–Crippen LogP) is 2.66. The Morgan fingerprint density at radius 2 is 1.91 bits per heavy atom. The first-order chi connectivity index (χ1) is 11.0. The van der Waals surface area contributed by atoms with Gasteiger partial charge in [0.25, 0.3) is 5.91 Å². The van der Waals surface area contributed by atoms with Crippen LogP contribution in [0.4, 0.5) is 4.39 Å². The smallest absolute Gasteiger partial charge is 0.254 e. The Bertz CT molecular complexity index is 743. The molecule has 0 bridgehead atoms. The molecule has 0 spiro atoms. The summed E-state index contributed by atoms with van der Waals surface area (Å²) in [6, 6.07) is 13.1. The molecule has 5 heteroatoms. The van der Waals surface area contributed by atoms with Gasteiger partial charge in [0, 0.05) is 12.1 Å². The molecule has 23 heavy (non-hydrogen) atoms. The van der Waals surface area contributed by atoms with E-state index in [-0.39, 0.29) is 30.2 Å². The highest BCUT2D eigenvalue weighted by molar-refractivity contribution is 6.00. The lowest BCUT2D eigenvalue weighted by Crippen LogP contribution is -2.38. The number of nitrogens with zero attached hydrogens (tertiary/aromatic N) is 1. The minimum Gasteiger partial charge on any atom is -0.348 e.